The van der Waals surface area contributed by atoms with Crippen molar-refractivity contribution in [2.24, 2.45) is 0 Å². The Balaban J connectivity index is 1.86. The first-order valence-corrected chi connectivity index (χ1v) is 8.10. The molecule has 0 aliphatic heterocycles. The van der Waals surface area contributed by atoms with Gasteiger partial charge in [0.1, 0.15) is 11.5 Å². The standard InChI is InChI=1S/C17H28N2O2/c1-11-10-16(14(4)21-11)12(2)18-13(3)17(20)19-15-8-6-5-7-9-15/h10,12-13,15,18H,5-9H2,1-4H3,(H,19,20). The zero-order valence-corrected chi connectivity index (χ0v) is 13.7. The maximum absolute atomic E-state index is 12.3. The molecule has 1 saturated carbocycles. The van der Waals surface area contributed by atoms with Gasteiger partial charge in [-0.2, -0.15) is 0 Å². The Bertz CT molecular complexity index is 475. The number of carbonyl (C=O) groups is 1. The highest BCUT2D eigenvalue weighted by atomic mass is 16.3. The van der Waals surface area contributed by atoms with Gasteiger partial charge in [-0.25, -0.2) is 0 Å². The van der Waals surface area contributed by atoms with Gasteiger partial charge in [0.15, 0.2) is 0 Å². The van der Waals surface area contributed by atoms with E-state index in [0.717, 1.165) is 29.9 Å². The molecule has 4 nitrogen and oxygen atoms in total. The zero-order valence-electron chi connectivity index (χ0n) is 13.7. The summed E-state index contributed by atoms with van der Waals surface area (Å²) in [6.45, 7) is 7.91. The Labute approximate surface area is 127 Å². The second-order valence-electron chi connectivity index (χ2n) is 6.32. The largest absolute Gasteiger partial charge is 0.466 e. The fourth-order valence-corrected chi connectivity index (χ4v) is 3.19. The minimum atomic E-state index is -0.198. The summed E-state index contributed by atoms with van der Waals surface area (Å²) in [7, 11) is 0. The van der Waals surface area contributed by atoms with Crippen LogP contribution in [0.15, 0.2) is 10.5 Å². The average molecular weight is 292 g/mol. The summed E-state index contributed by atoms with van der Waals surface area (Å²) in [6.07, 6.45) is 6.01. The van der Waals surface area contributed by atoms with Crippen molar-refractivity contribution in [2.75, 3.05) is 0 Å². The smallest absolute Gasteiger partial charge is 0.237 e. The lowest BCUT2D eigenvalue weighted by atomic mass is 9.95. The molecule has 2 N–H and O–H groups in total. The Morgan fingerprint density at radius 1 is 1.24 bits per heavy atom. The van der Waals surface area contributed by atoms with E-state index >= 15 is 0 Å². The van der Waals surface area contributed by atoms with E-state index in [9.17, 15) is 4.79 Å². The van der Waals surface area contributed by atoms with Gasteiger partial charge in [0.05, 0.1) is 6.04 Å². The molecule has 2 atom stereocenters. The van der Waals surface area contributed by atoms with Crippen LogP contribution in [0.25, 0.3) is 0 Å². The topological polar surface area (TPSA) is 54.3 Å². The van der Waals surface area contributed by atoms with E-state index in [1.54, 1.807) is 0 Å². The zero-order chi connectivity index (χ0) is 15.4. The molecular formula is C17H28N2O2. The number of hydrogen-bond acceptors (Lipinski definition) is 3. The highest BCUT2D eigenvalue weighted by Gasteiger charge is 2.22. The van der Waals surface area contributed by atoms with Crippen molar-refractivity contribution < 1.29 is 9.21 Å². The first-order valence-electron chi connectivity index (χ1n) is 8.10. The van der Waals surface area contributed by atoms with Crippen LogP contribution < -0.4 is 10.6 Å². The van der Waals surface area contributed by atoms with E-state index in [2.05, 4.69) is 17.6 Å². The Kier molecular flexibility index (Phi) is 5.45. The van der Waals surface area contributed by atoms with Gasteiger partial charge in [0.2, 0.25) is 5.91 Å². The van der Waals surface area contributed by atoms with E-state index < -0.39 is 0 Å². The van der Waals surface area contributed by atoms with Crippen molar-refractivity contribution in [3.63, 3.8) is 0 Å². The predicted molar refractivity (Wildman–Crippen MR) is 84.2 cm³/mol. The number of hydrogen-bond donors (Lipinski definition) is 2. The van der Waals surface area contributed by atoms with Crippen LogP contribution in [0.1, 0.15) is 69.1 Å². The monoisotopic (exact) mass is 292 g/mol. The van der Waals surface area contributed by atoms with Crippen LogP contribution in [0.4, 0.5) is 0 Å². The summed E-state index contributed by atoms with van der Waals surface area (Å²) in [4.78, 5) is 12.3. The fourth-order valence-electron chi connectivity index (χ4n) is 3.19. The summed E-state index contributed by atoms with van der Waals surface area (Å²) in [6, 6.07) is 2.31. The summed E-state index contributed by atoms with van der Waals surface area (Å²) in [5.74, 6) is 1.94. The minimum absolute atomic E-state index is 0.103. The number of rotatable bonds is 5. The van der Waals surface area contributed by atoms with Crippen LogP contribution >= 0.6 is 0 Å². The Hall–Kier alpha value is -1.29. The quantitative estimate of drug-likeness (QED) is 0.874. The molecule has 1 aliphatic rings. The van der Waals surface area contributed by atoms with Gasteiger partial charge in [-0.15, -0.1) is 0 Å². The fraction of sp³-hybridized carbons (Fsp3) is 0.706. The lowest BCUT2D eigenvalue weighted by molar-refractivity contribution is -0.123. The molecule has 1 aromatic rings. The molecule has 1 aromatic heterocycles. The third-order valence-electron chi connectivity index (χ3n) is 4.39. The lowest BCUT2D eigenvalue weighted by Crippen LogP contribution is -2.47. The lowest BCUT2D eigenvalue weighted by Gasteiger charge is -2.26. The molecule has 0 saturated heterocycles. The first kappa shape index (κ1) is 16.1. The molecule has 0 aromatic carbocycles. The van der Waals surface area contributed by atoms with Crippen LogP contribution in [0.2, 0.25) is 0 Å². The molecule has 1 heterocycles. The molecule has 4 heteroatoms. The highest BCUT2D eigenvalue weighted by molar-refractivity contribution is 5.81. The van der Waals surface area contributed by atoms with Crippen LogP contribution in [0, 0.1) is 13.8 Å². The van der Waals surface area contributed by atoms with E-state index in [1.165, 1.54) is 19.3 Å². The normalized spacial score (nSPS) is 19.2. The van der Waals surface area contributed by atoms with Crippen molar-refractivity contribution in [3.8, 4) is 0 Å². The Morgan fingerprint density at radius 3 is 2.48 bits per heavy atom. The van der Waals surface area contributed by atoms with Gasteiger partial charge < -0.3 is 9.73 Å². The van der Waals surface area contributed by atoms with Crippen LogP contribution in [-0.2, 0) is 4.79 Å². The molecule has 0 spiro atoms. The summed E-state index contributed by atoms with van der Waals surface area (Å²) >= 11 is 0. The van der Waals surface area contributed by atoms with Gasteiger partial charge >= 0.3 is 0 Å². The molecule has 21 heavy (non-hydrogen) atoms. The number of amides is 1. The molecule has 2 rings (SSSR count). The molecule has 118 valence electrons. The third-order valence-corrected chi connectivity index (χ3v) is 4.39. The molecule has 1 amide bonds. The summed E-state index contributed by atoms with van der Waals surface area (Å²) in [5.41, 5.74) is 1.13. The molecule has 2 unspecified atom stereocenters. The van der Waals surface area contributed by atoms with E-state index in [0.29, 0.717) is 6.04 Å². The van der Waals surface area contributed by atoms with Crippen LogP contribution in [0.5, 0.6) is 0 Å². The first-order chi connectivity index (χ1) is 9.97. The van der Waals surface area contributed by atoms with Crippen molar-refractivity contribution in [1.29, 1.82) is 0 Å². The molecule has 0 radical (unpaired) electrons. The molecule has 0 bridgehead atoms. The number of nitrogens with one attached hydrogen (secondary N) is 2. The maximum atomic E-state index is 12.3. The van der Waals surface area contributed by atoms with Gasteiger partial charge in [0.25, 0.3) is 0 Å². The number of carbonyl (C=O) groups excluding carboxylic acids is 1. The van der Waals surface area contributed by atoms with Crippen LogP contribution in [-0.4, -0.2) is 18.0 Å². The van der Waals surface area contributed by atoms with Crippen molar-refractivity contribution in [3.05, 3.63) is 23.2 Å². The average Bonchev–Trinajstić information content (AvgIpc) is 2.78. The Morgan fingerprint density at radius 2 is 1.90 bits per heavy atom. The molecule has 1 aliphatic carbocycles. The second-order valence-corrected chi connectivity index (χ2v) is 6.32. The van der Waals surface area contributed by atoms with E-state index in [4.69, 9.17) is 4.42 Å². The van der Waals surface area contributed by atoms with Gasteiger partial charge in [-0.1, -0.05) is 19.3 Å². The van der Waals surface area contributed by atoms with E-state index in [1.807, 2.05) is 26.8 Å². The van der Waals surface area contributed by atoms with Crippen molar-refractivity contribution >= 4 is 5.91 Å². The second kappa shape index (κ2) is 7.12. The van der Waals surface area contributed by atoms with E-state index in [-0.39, 0.29) is 18.0 Å². The summed E-state index contributed by atoms with van der Waals surface area (Å²) < 4.78 is 5.56. The highest BCUT2D eigenvalue weighted by Crippen LogP contribution is 2.22. The van der Waals surface area contributed by atoms with Crippen molar-refractivity contribution in [2.45, 2.75) is 77.9 Å². The van der Waals surface area contributed by atoms with Gasteiger partial charge in [-0.05, 0) is 46.6 Å². The SMILES string of the molecule is Cc1cc(C(C)NC(C)C(=O)NC2CCCCC2)c(C)o1. The van der Waals surface area contributed by atoms with Gasteiger partial charge in [-0.3, -0.25) is 10.1 Å². The third kappa shape index (κ3) is 4.34. The minimum Gasteiger partial charge on any atom is -0.466 e. The number of aryl methyl sites for hydroxylation is 2. The molecular weight excluding hydrogens is 264 g/mol. The number of furan rings is 1. The maximum Gasteiger partial charge on any atom is 0.237 e. The van der Waals surface area contributed by atoms with Crippen LogP contribution in [0.3, 0.4) is 0 Å². The van der Waals surface area contributed by atoms with Crippen molar-refractivity contribution in [1.82, 2.24) is 10.6 Å². The molecule has 1 fully saturated rings. The summed E-state index contributed by atoms with van der Waals surface area (Å²) in [5, 5.41) is 6.54. The van der Waals surface area contributed by atoms with Gasteiger partial charge in [0, 0.05) is 17.6 Å². The predicted octanol–water partition coefficient (Wildman–Crippen LogP) is 3.38.